The summed E-state index contributed by atoms with van der Waals surface area (Å²) in [6.07, 6.45) is 5.44. The molecule has 0 aliphatic carbocycles. The summed E-state index contributed by atoms with van der Waals surface area (Å²) >= 11 is 0. The van der Waals surface area contributed by atoms with Crippen LogP contribution < -0.4 is 10.5 Å². The van der Waals surface area contributed by atoms with E-state index < -0.39 is 10.2 Å². The molecule has 0 spiro atoms. The summed E-state index contributed by atoms with van der Waals surface area (Å²) in [6, 6.07) is 3.18. The van der Waals surface area contributed by atoms with Crippen LogP contribution in [0.15, 0.2) is 18.3 Å². The third-order valence-corrected chi connectivity index (χ3v) is 4.44. The summed E-state index contributed by atoms with van der Waals surface area (Å²) in [7, 11) is -3.49. The lowest BCUT2D eigenvalue weighted by Gasteiger charge is -2.20. The first-order valence-electron chi connectivity index (χ1n) is 6.07. The van der Waals surface area contributed by atoms with Crippen LogP contribution in [0.3, 0.4) is 0 Å². The smallest absolute Gasteiger partial charge is 0.302 e. The summed E-state index contributed by atoms with van der Waals surface area (Å²) in [5.74, 6) is 0.299. The van der Waals surface area contributed by atoms with Crippen LogP contribution in [0, 0.1) is 0 Å². The summed E-state index contributed by atoms with van der Waals surface area (Å²) in [6.45, 7) is 1.15. The number of pyridine rings is 1. The molecule has 2 rings (SSSR count). The third-order valence-electron chi connectivity index (χ3n) is 2.92. The summed E-state index contributed by atoms with van der Waals surface area (Å²) in [5.41, 5.74) is 6.01. The van der Waals surface area contributed by atoms with Gasteiger partial charge in [0.15, 0.2) is 0 Å². The fraction of sp³-hybridized carbons (Fsp3) is 0.545. The van der Waals surface area contributed by atoms with Crippen molar-refractivity contribution in [3.63, 3.8) is 0 Å². The monoisotopic (exact) mass is 270 g/mol. The van der Waals surface area contributed by atoms with Gasteiger partial charge < -0.3 is 5.73 Å². The molecule has 2 heterocycles. The van der Waals surface area contributed by atoms with E-state index in [9.17, 15) is 8.42 Å². The minimum absolute atomic E-state index is 0.299. The number of anilines is 2. The van der Waals surface area contributed by atoms with E-state index in [2.05, 4.69) is 9.71 Å². The van der Waals surface area contributed by atoms with Crippen molar-refractivity contribution >= 4 is 21.7 Å². The number of nitrogen functional groups attached to an aromatic ring is 1. The normalized spacial score (nSPS) is 18.2. The van der Waals surface area contributed by atoms with Crippen molar-refractivity contribution < 1.29 is 8.42 Å². The van der Waals surface area contributed by atoms with E-state index in [1.807, 2.05) is 0 Å². The SMILES string of the molecule is Nc1ccc(NS(=O)(=O)N2CCCCCC2)nc1. The number of nitrogens with zero attached hydrogens (tertiary/aromatic N) is 2. The van der Waals surface area contributed by atoms with Crippen molar-refractivity contribution in [2.75, 3.05) is 23.5 Å². The largest absolute Gasteiger partial charge is 0.397 e. The Morgan fingerprint density at radius 3 is 2.39 bits per heavy atom. The minimum Gasteiger partial charge on any atom is -0.397 e. The Balaban J connectivity index is 2.08. The lowest BCUT2D eigenvalue weighted by molar-refractivity contribution is 0.427. The fourth-order valence-electron chi connectivity index (χ4n) is 1.94. The van der Waals surface area contributed by atoms with Crippen molar-refractivity contribution in [3.8, 4) is 0 Å². The van der Waals surface area contributed by atoms with E-state index in [4.69, 9.17) is 5.73 Å². The first-order chi connectivity index (χ1) is 8.58. The average Bonchev–Trinajstić information content (AvgIpc) is 2.61. The van der Waals surface area contributed by atoms with E-state index >= 15 is 0 Å². The maximum absolute atomic E-state index is 12.1. The Morgan fingerprint density at radius 1 is 1.17 bits per heavy atom. The zero-order chi connectivity index (χ0) is 13.0. The molecule has 0 saturated carbocycles. The number of rotatable bonds is 3. The zero-order valence-electron chi connectivity index (χ0n) is 10.2. The van der Waals surface area contributed by atoms with E-state index in [1.54, 1.807) is 12.1 Å². The highest BCUT2D eigenvalue weighted by Gasteiger charge is 2.22. The maximum atomic E-state index is 12.1. The Kier molecular flexibility index (Phi) is 4.03. The number of nitrogens with one attached hydrogen (secondary N) is 1. The molecule has 1 aromatic heterocycles. The van der Waals surface area contributed by atoms with Crippen molar-refractivity contribution in [2.24, 2.45) is 0 Å². The van der Waals surface area contributed by atoms with Gasteiger partial charge in [-0.25, -0.2) is 4.98 Å². The Morgan fingerprint density at radius 2 is 1.83 bits per heavy atom. The zero-order valence-corrected chi connectivity index (χ0v) is 11.0. The van der Waals surface area contributed by atoms with Crippen LogP contribution in [0.4, 0.5) is 11.5 Å². The summed E-state index contributed by atoms with van der Waals surface area (Å²) in [5, 5.41) is 0. The molecule has 0 radical (unpaired) electrons. The molecular formula is C11H18N4O2S. The van der Waals surface area contributed by atoms with Crippen LogP contribution in [0.5, 0.6) is 0 Å². The second-order valence-electron chi connectivity index (χ2n) is 4.40. The molecule has 1 fully saturated rings. The van der Waals surface area contributed by atoms with Gasteiger partial charge in [0.25, 0.3) is 0 Å². The summed E-state index contributed by atoms with van der Waals surface area (Å²) < 4.78 is 28.2. The van der Waals surface area contributed by atoms with E-state index in [0.717, 1.165) is 25.7 Å². The molecule has 0 atom stereocenters. The molecule has 3 N–H and O–H groups in total. The van der Waals surface area contributed by atoms with Crippen molar-refractivity contribution in [1.82, 2.24) is 9.29 Å². The molecule has 1 aliphatic heterocycles. The molecule has 7 heteroatoms. The van der Waals surface area contributed by atoms with E-state index in [0.29, 0.717) is 24.6 Å². The van der Waals surface area contributed by atoms with Crippen LogP contribution in [0.2, 0.25) is 0 Å². The first-order valence-corrected chi connectivity index (χ1v) is 7.51. The number of hydrogen-bond acceptors (Lipinski definition) is 4. The molecule has 0 bridgehead atoms. The number of hydrogen-bond donors (Lipinski definition) is 2. The van der Waals surface area contributed by atoms with Crippen LogP contribution in [-0.2, 0) is 10.2 Å². The topological polar surface area (TPSA) is 88.3 Å². The summed E-state index contributed by atoms with van der Waals surface area (Å²) in [4.78, 5) is 3.94. The van der Waals surface area contributed by atoms with Crippen molar-refractivity contribution in [3.05, 3.63) is 18.3 Å². The van der Waals surface area contributed by atoms with Gasteiger partial charge in [0, 0.05) is 13.1 Å². The Hall–Kier alpha value is -1.34. The molecule has 0 amide bonds. The van der Waals surface area contributed by atoms with Gasteiger partial charge in [-0.15, -0.1) is 0 Å². The standard InChI is InChI=1S/C11H18N4O2S/c12-10-5-6-11(13-9-10)14-18(16,17)15-7-3-1-2-4-8-15/h5-6,9H,1-4,7-8,12H2,(H,13,14). The Bertz CT molecular complexity index is 478. The van der Waals surface area contributed by atoms with Gasteiger partial charge in [0.1, 0.15) is 5.82 Å². The average molecular weight is 270 g/mol. The van der Waals surface area contributed by atoms with E-state index in [-0.39, 0.29) is 0 Å². The molecule has 18 heavy (non-hydrogen) atoms. The highest BCUT2D eigenvalue weighted by Crippen LogP contribution is 2.15. The highest BCUT2D eigenvalue weighted by atomic mass is 32.2. The fourth-order valence-corrected chi connectivity index (χ4v) is 3.20. The van der Waals surface area contributed by atoms with Gasteiger partial charge >= 0.3 is 10.2 Å². The van der Waals surface area contributed by atoms with Crippen LogP contribution in [0.25, 0.3) is 0 Å². The molecule has 1 saturated heterocycles. The highest BCUT2D eigenvalue weighted by molar-refractivity contribution is 7.90. The van der Waals surface area contributed by atoms with Gasteiger partial charge in [-0.2, -0.15) is 12.7 Å². The van der Waals surface area contributed by atoms with Crippen molar-refractivity contribution in [1.29, 1.82) is 0 Å². The Labute approximate surface area is 107 Å². The molecular weight excluding hydrogens is 252 g/mol. The van der Waals surface area contributed by atoms with E-state index in [1.165, 1.54) is 10.5 Å². The second-order valence-corrected chi connectivity index (χ2v) is 6.07. The number of aromatic nitrogens is 1. The lowest BCUT2D eigenvalue weighted by Crippen LogP contribution is -2.36. The second kappa shape index (κ2) is 5.53. The lowest BCUT2D eigenvalue weighted by atomic mass is 10.2. The van der Waals surface area contributed by atoms with Gasteiger partial charge in [-0.3, -0.25) is 4.72 Å². The minimum atomic E-state index is -3.49. The van der Waals surface area contributed by atoms with Gasteiger partial charge in [0.05, 0.1) is 11.9 Å². The predicted octanol–water partition coefficient (Wildman–Crippen LogP) is 1.20. The molecule has 0 unspecified atom stereocenters. The quantitative estimate of drug-likeness (QED) is 0.863. The van der Waals surface area contributed by atoms with Crippen LogP contribution >= 0.6 is 0 Å². The third kappa shape index (κ3) is 3.33. The van der Waals surface area contributed by atoms with Gasteiger partial charge in [0.2, 0.25) is 0 Å². The first kappa shape index (κ1) is 13.1. The molecule has 0 aromatic carbocycles. The van der Waals surface area contributed by atoms with Gasteiger partial charge in [-0.05, 0) is 25.0 Å². The van der Waals surface area contributed by atoms with Gasteiger partial charge in [-0.1, -0.05) is 12.8 Å². The molecule has 100 valence electrons. The van der Waals surface area contributed by atoms with Crippen LogP contribution in [0.1, 0.15) is 25.7 Å². The molecule has 1 aliphatic rings. The predicted molar refractivity (Wildman–Crippen MR) is 71.2 cm³/mol. The maximum Gasteiger partial charge on any atom is 0.302 e. The molecule has 1 aromatic rings. The number of nitrogens with two attached hydrogens (primary N) is 1. The van der Waals surface area contributed by atoms with Crippen LogP contribution in [-0.4, -0.2) is 30.8 Å². The van der Waals surface area contributed by atoms with Crippen molar-refractivity contribution in [2.45, 2.75) is 25.7 Å². The molecule has 6 nitrogen and oxygen atoms in total.